The number of nitrogens with zero attached hydrogens (tertiary/aromatic N) is 2. The highest BCUT2D eigenvalue weighted by atomic mass is 35.5. The molecule has 1 N–H and O–H groups in total. The van der Waals surface area contributed by atoms with Crippen molar-refractivity contribution in [2.45, 2.75) is 30.0 Å². The van der Waals surface area contributed by atoms with Gasteiger partial charge >= 0.3 is 12.1 Å². The summed E-state index contributed by atoms with van der Waals surface area (Å²) in [6.07, 6.45) is -5.83. The fourth-order valence-corrected chi connectivity index (χ4v) is 5.37. The molecule has 1 aliphatic rings. The predicted octanol–water partition coefficient (Wildman–Crippen LogP) is 5.24. The number of hydrogen-bond donors (Lipinski definition) is 1. The zero-order chi connectivity index (χ0) is 25.4. The molecule has 184 valence electrons. The molecular weight excluding hydrogens is 509 g/mol. The SMILES string of the molecule is O=C(O)CC[C@H]1CN(S(=O)(=O)c2cccc(C(F)(F)F)c2)c2cc(-c3cccc(Cl)n3)ccc2O1. The van der Waals surface area contributed by atoms with Crippen molar-refractivity contribution in [2.75, 3.05) is 10.8 Å². The van der Waals surface area contributed by atoms with Crippen molar-refractivity contribution >= 4 is 33.3 Å². The summed E-state index contributed by atoms with van der Waals surface area (Å²) < 4.78 is 73.7. The lowest BCUT2D eigenvalue weighted by atomic mass is 10.1. The molecule has 0 spiro atoms. The average molecular weight is 527 g/mol. The van der Waals surface area contributed by atoms with Crippen LogP contribution in [0.3, 0.4) is 0 Å². The number of alkyl halides is 3. The number of aliphatic carboxylic acids is 1. The molecular formula is C23H18ClF3N2O5S. The van der Waals surface area contributed by atoms with Crippen LogP contribution in [-0.4, -0.2) is 37.1 Å². The highest BCUT2D eigenvalue weighted by Gasteiger charge is 2.37. The predicted molar refractivity (Wildman–Crippen MR) is 122 cm³/mol. The number of hydrogen-bond acceptors (Lipinski definition) is 5. The maximum absolute atomic E-state index is 13.6. The number of carboxylic acids is 1. The molecule has 3 aromatic rings. The quantitative estimate of drug-likeness (QED) is 0.441. The fourth-order valence-electron chi connectivity index (χ4n) is 3.66. The molecule has 0 saturated heterocycles. The molecule has 1 aliphatic heterocycles. The third-order valence-corrected chi connectivity index (χ3v) is 7.32. The Kier molecular flexibility index (Phi) is 6.65. The lowest BCUT2D eigenvalue weighted by Gasteiger charge is -2.35. The maximum atomic E-state index is 13.6. The highest BCUT2D eigenvalue weighted by Crippen LogP contribution is 2.41. The van der Waals surface area contributed by atoms with Gasteiger partial charge in [-0.2, -0.15) is 13.2 Å². The van der Waals surface area contributed by atoms with Crippen LogP contribution in [0.5, 0.6) is 5.75 Å². The molecule has 35 heavy (non-hydrogen) atoms. The monoisotopic (exact) mass is 526 g/mol. The van der Waals surface area contributed by atoms with Crippen LogP contribution in [0.15, 0.2) is 65.6 Å². The summed E-state index contributed by atoms with van der Waals surface area (Å²) >= 11 is 5.97. The van der Waals surface area contributed by atoms with Gasteiger partial charge in [0.25, 0.3) is 10.0 Å². The van der Waals surface area contributed by atoms with Crippen molar-refractivity contribution in [2.24, 2.45) is 0 Å². The summed E-state index contributed by atoms with van der Waals surface area (Å²) in [7, 11) is -4.48. The van der Waals surface area contributed by atoms with Crippen molar-refractivity contribution in [3.8, 4) is 17.0 Å². The Morgan fingerprint density at radius 3 is 2.57 bits per heavy atom. The van der Waals surface area contributed by atoms with Crippen LogP contribution in [0.4, 0.5) is 18.9 Å². The molecule has 2 heterocycles. The fraction of sp³-hybridized carbons (Fsp3) is 0.217. The highest BCUT2D eigenvalue weighted by molar-refractivity contribution is 7.92. The third-order valence-electron chi connectivity index (χ3n) is 5.33. The number of benzene rings is 2. The zero-order valence-electron chi connectivity index (χ0n) is 17.9. The van der Waals surface area contributed by atoms with Gasteiger partial charge in [0, 0.05) is 12.0 Å². The summed E-state index contributed by atoms with van der Waals surface area (Å²) in [5.74, 6) is -0.943. The van der Waals surface area contributed by atoms with Crippen LogP contribution in [0.1, 0.15) is 18.4 Å². The Bertz CT molecular complexity index is 1380. The van der Waals surface area contributed by atoms with Crippen molar-refractivity contribution in [1.29, 1.82) is 0 Å². The number of rotatable bonds is 6. The molecule has 1 atom stereocenters. The average Bonchev–Trinajstić information content (AvgIpc) is 2.81. The van der Waals surface area contributed by atoms with E-state index in [0.717, 1.165) is 22.5 Å². The van der Waals surface area contributed by atoms with Gasteiger partial charge in [-0.3, -0.25) is 9.10 Å². The van der Waals surface area contributed by atoms with Crippen LogP contribution in [0.2, 0.25) is 5.15 Å². The molecule has 7 nitrogen and oxygen atoms in total. The maximum Gasteiger partial charge on any atom is 0.416 e. The lowest BCUT2D eigenvalue weighted by Crippen LogP contribution is -2.43. The van der Waals surface area contributed by atoms with E-state index >= 15 is 0 Å². The van der Waals surface area contributed by atoms with E-state index in [-0.39, 0.29) is 36.0 Å². The van der Waals surface area contributed by atoms with Crippen molar-refractivity contribution in [1.82, 2.24) is 4.98 Å². The minimum Gasteiger partial charge on any atom is -0.486 e. The third kappa shape index (κ3) is 5.35. The largest absolute Gasteiger partial charge is 0.486 e. The molecule has 1 aromatic heterocycles. The Balaban J connectivity index is 1.81. The number of halogens is 4. The van der Waals surface area contributed by atoms with Crippen molar-refractivity contribution in [3.05, 3.63) is 71.4 Å². The minimum absolute atomic E-state index is 0.000976. The van der Waals surface area contributed by atoms with Gasteiger partial charge in [-0.15, -0.1) is 0 Å². The standard InChI is InChI=1S/C23H18ClF3N2O5S/c24-21-6-2-5-18(28-21)14-7-9-20-19(11-14)29(13-16(34-20)8-10-22(30)31)35(32,33)17-4-1-3-15(12-17)23(25,26)27/h1-7,9,11-12,16H,8,10,13H2,(H,30,31)/t16-/m0/s1. The Morgan fingerprint density at radius 1 is 1.14 bits per heavy atom. The van der Waals surface area contributed by atoms with Crippen LogP contribution in [0, 0.1) is 0 Å². The van der Waals surface area contributed by atoms with Gasteiger partial charge in [0.05, 0.1) is 28.4 Å². The van der Waals surface area contributed by atoms with E-state index in [0.29, 0.717) is 17.3 Å². The van der Waals surface area contributed by atoms with E-state index in [1.807, 2.05) is 0 Å². The number of fused-ring (bicyclic) bond motifs is 1. The van der Waals surface area contributed by atoms with E-state index in [1.54, 1.807) is 24.3 Å². The van der Waals surface area contributed by atoms with E-state index in [1.165, 1.54) is 12.1 Å². The molecule has 0 unspecified atom stereocenters. The second kappa shape index (κ2) is 9.38. The normalized spacial score (nSPS) is 15.9. The number of anilines is 1. The van der Waals surface area contributed by atoms with Crippen LogP contribution in [0.25, 0.3) is 11.3 Å². The van der Waals surface area contributed by atoms with Gasteiger partial charge in [-0.05, 0) is 55.0 Å². The van der Waals surface area contributed by atoms with E-state index in [4.69, 9.17) is 21.4 Å². The minimum atomic E-state index is -4.73. The number of sulfonamides is 1. The van der Waals surface area contributed by atoms with Gasteiger partial charge in [-0.1, -0.05) is 23.7 Å². The summed E-state index contributed by atoms with van der Waals surface area (Å²) in [5.41, 5.74) is -0.0626. The smallest absolute Gasteiger partial charge is 0.416 e. The molecule has 0 amide bonds. The van der Waals surface area contributed by atoms with Crippen LogP contribution < -0.4 is 9.04 Å². The molecule has 12 heteroatoms. The summed E-state index contributed by atoms with van der Waals surface area (Å²) in [4.78, 5) is 14.7. The van der Waals surface area contributed by atoms with Gasteiger partial charge in [0.1, 0.15) is 17.0 Å². The molecule has 4 rings (SSSR count). The van der Waals surface area contributed by atoms with E-state index in [9.17, 15) is 26.4 Å². The first-order chi connectivity index (χ1) is 16.4. The van der Waals surface area contributed by atoms with E-state index < -0.39 is 38.7 Å². The van der Waals surface area contributed by atoms with Gasteiger partial charge in [-0.25, -0.2) is 13.4 Å². The summed E-state index contributed by atoms with van der Waals surface area (Å²) in [6, 6.07) is 13.0. The molecule has 0 radical (unpaired) electrons. The molecule has 0 aliphatic carbocycles. The van der Waals surface area contributed by atoms with Crippen LogP contribution >= 0.6 is 11.6 Å². The van der Waals surface area contributed by atoms with Gasteiger partial charge in [0.15, 0.2) is 0 Å². The van der Waals surface area contributed by atoms with Crippen molar-refractivity contribution in [3.63, 3.8) is 0 Å². The zero-order valence-corrected chi connectivity index (χ0v) is 19.4. The summed E-state index contributed by atoms with van der Waals surface area (Å²) in [6.45, 7) is -0.286. The molecule has 0 bridgehead atoms. The number of carbonyl (C=O) groups is 1. The number of carboxylic acid groups (broad SMARTS) is 1. The first-order valence-corrected chi connectivity index (χ1v) is 12.1. The first-order valence-electron chi connectivity index (χ1n) is 10.3. The molecule has 0 fully saturated rings. The van der Waals surface area contributed by atoms with Crippen LogP contribution in [-0.2, 0) is 21.0 Å². The number of pyridine rings is 1. The number of aromatic nitrogens is 1. The molecule has 2 aromatic carbocycles. The Morgan fingerprint density at radius 2 is 1.89 bits per heavy atom. The van der Waals surface area contributed by atoms with Gasteiger partial charge < -0.3 is 9.84 Å². The van der Waals surface area contributed by atoms with Crippen molar-refractivity contribution < 1.29 is 36.2 Å². The Hall–Kier alpha value is -3.31. The van der Waals surface area contributed by atoms with E-state index in [2.05, 4.69) is 4.98 Å². The first kappa shape index (κ1) is 24.8. The van der Waals surface area contributed by atoms with Gasteiger partial charge in [0.2, 0.25) is 0 Å². The molecule has 0 saturated carbocycles. The lowest BCUT2D eigenvalue weighted by molar-refractivity contribution is -0.138. The second-order valence-corrected chi connectivity index (χ2v) is 10.0. The number of ether oxygens (including phenoxy) is 1. The second-order valence-electron chi connectivity index (χ2n) is 7.76. The summed E-state index contributed by atoms with van der Waals surface area (Å²) in [5, 5.41) is 9.24. The topological polar surface area (TPSA) is 96.8 Å². The Labute approximate surface area is 203 Å².